The molecule has 1 aliphatic carbocycles. The predicted octanol–water partition coefficient (Wildman–Crippen LogP) is 5.66. The Morgan fingerprint density at radius 2 is 1.84 bits per heavy atom. The van der Waals surface area contributed by atoms with Crippen LogP contribution in [0.25, 0.3) is 0 Å². The number of ether oxygens (including phenoxy) is 2. The van der Waals surface area contributed by atoms with Gasteiger partial charge in [-0.15, -0.1) is 0 Å². The Balaban J connectivity index is 1.59. The molecule has 0 amide bonds. The molecule has 1 aromatic carbocycles. The molecule has 234 valence electrons. The van der Waals surface area contributed by atoms with Gasteiger partial charge in [-0.1, -0.05) is 11.6 Å². The number of hydrogen-bond donors (Lipinski definition) is 0. The Bertz CT molecular complexity index is 1530. The second kappa shape index (κ2) is 13.2. The van der Waals surface area contributed by atoms with Crippen molar-refractivity contribution in [1.29, 1.82) is 0 Å². The summed E-state index contributed by atoms with van der Waals surface area (Å²) in [4.78, 5) is 12.7. The van der Waals surface area contributed by atoms with E-state index >= 15 is 4.39 Å². The summed E-state index contributed by atoms with van der Waals surface area (Å²) < 4.78 is 109. The zero-order valence-electron chi connectivity index (χ0n) is 23.4. The van der Waals surface area contributed by atoms with E-state index in [4.69, 9.17) is 21.1 Å². The number of halogens is 6. The van der Waals surface area contributed by atoms with Gasteiger partial charge in [-0.05, 0) is 70.0 Å². The maximum absolute atomic E-state index is 15.4. The van der Waals surface area contributed by atoms with Crippen molar-refractivity contribution < 1.29 is 39.8 Å². The Hall–Kier alpha value is -3.14. The van der Waals surface area contributed by atoms with Crippen molar-refractivity contribution >= 4 is 27.4 Å². The van der Waals surface area contributed by atoms with Gasteiger partial charge in [0.05, 0.1) is 5.56 Å². The van der Waals surface area contributed by atoms with Gasteiger partial charge in [0.25, 0.3) is 15.9 Å². The Morgan fingerprint density at radius 1 is 1.09 bits per heavy atom. The van der Waals surface area contributed by atoms with Gasteiger partial charge >= 0.3 is 6.18 Å². The summed E-state index contributed by atoms with van der Waals surface area (Å²) in [6.45, 7) is 1.40. The lowest BCUT2D eigenvalue weighted by Crippen LogP contribution is -2.46. The maximum atomic E-state index is 15.4. The molecule has 3 aromatic rings. The summed E-state index contributed by atoms with van der Waals surface area (Å²) in [6, 6.07) is 3.87. The Labute approximate surface area is 250 Å². The van der Waals surface area contributed by atoms with Crippen LogP contribution < -0.4 is 9.04 Å². The average Bonchev–Trinajstić information content (AvgIpc) is 2.95. The topological polar surface area (TPSA) is 97.8 Å². The first-order valence-electron chi connectivity index (χ1n) is 13.2. The summed E-state index contributed by atoms with van der Waals surface area (Å²) in [6.07, 6.45) is -2.19. The first-order chi connectivity index (χ1) is 20.2. The van der Waals surface area contributed by atoms with Crippen LogP contribution in [-0.2, 0) is 20.9 Å². The molecule has 9 nitrogen and oxygen atoms in total. The number of hydrogen-bond acceptors (Lipinski definition) is 8. The molecular formula is C27H29ClF5N5O4S. The van der Waals surface area contributed by atoms with E-state index in [9.17, 15) is 26.0 Å². The zero-order chi connectivity index (χ0) is 31.5. The van der Waals surface area contributed by atoms with Crippen molar-refractivity contribution in [2.75, 3.05) is 31.7 Å². The number of benzene rings is 1. The quantitative estimate of drug-likeness (QED) is 0.158. The molecule has 0 bridgehead atoms. The van der Waals surface area contributed by atoms with Gasteiger partial charge in [-0.3, -0.25) is 0 Å². The van der Waals surface area contributed by atoms with E-state index in [0.717, 1.165) is 22.8 Å². The van der Waals surface area contributed by atoms with Crippen LogP contribution in [0.1, 0.15) is 43.2 Å². The van der Waals surface area contributed by atoms with E-state index in [1.807, 2.05) is 0 Å². The number of aromatic nitrogens is 3. The van der Waals surface area contributed by atoms with Gasteiger partial charge in [0, 0.05) is 31.0 Å². The van der Waals surface area contributed by atoms with Crippen LogP contribution in [0, 0.1) is 11.6 Å². The molecule has 1 aliphatic rings. The minimum atomic E-state index is -4.62. The molecule has 0 unspecified atom stereocenters. The van der Waals surface area contributed by atoms with Crippen molar-refractivity contribution in [3.63, 3.8) is 0 Å². The summed E-state index contributed by atoms with van der Waals surface area (Å²) in [5, 5.41) is -0.562. The van der Waals surface area contributed by atoms with E-state index in [0.29, 0.717) is 12.1 Å². The Morgan fingerprint density at radius 3 is 2.47 bits per heavy atom. The van der Waals surface area contributed by atoms with Gasteiger partial charge in [0.1, 0.15) is 35.7 Å². The standard InChI is InChI=1S/C27H29ClF5N5O4S/c1-4-41-15-38(24-9-10-34-14-35-24)43(39,40)23-13-20(30)26(36-25(23)28)42-22-8-5-16(11-21(22)37(2)3)18-12-17(27(31,32)33)6-7-19(18)29/h6-7,9-10,12-14,16,21-22H,4-5,8,11,15H2,1-3H3/t16-,21-,22-/m0/s1. The number of sulfonamides is 1. The zero-order valence-corrected chi connectivity index (χ0v) is 24.9. The molecule has 4 rings (SSSR count). The van der Waals surface area contributed by atoms with Crippen molar-refractivity contribution in [3.8, 4) is 5.88 Å². The average molecular weight is 650 g/mol. The molecule has 16 heteroatoms. The molecule has 3 atom stereocenters. The molecule has 43 heavy (non-hydrogen) atoms. The normalized spacial score (nSPS) is 19.4. The molecular weight excluding hydrogens is 621 g/mol. The summed E-state index contributed by atoms with van der Waals surface area (Å²) in [7, 11) is -1.09. The fraction of sp³-hybridized carbons (Fsp3) is 0.444. The van der Waals surface area contributed by atoms with Crippen LogP contribution in [0.5, 0.6) is 5.88 Å². The molecule has 0 N–H and O–H groups in total. The van der Waals surface area contributed by atoms with E-state index in [2.05, 4.69) is 15.0 Å². The molecule has 0 saturated heterocycles. The van der Waals surface area contributed by atoms with Gasteiger partial charge in [-0.25, -0.2) is 31.5 Å². The largest absolute Gasteiger partial charge is 0.471 e. The van der Waals surface area contributed by atoms with E-state index in [1.54, 1.807) is 25.9 Å². The van der Waals surface area contributed by atoms with Crippen LogP contribution in [0.15, 0.2) is 47.8 Å². The third-order valence-corrected chi connectivity index (χ3v) is 9.25. The smallest absolute Gasteiger partial charge is 0.416 e. The van der Waals surface area contributed by atoms with Crippen molar-refractivity contribution in [3.05, 3.63) is 70.8 Å². The van der Waals surface area contributed by atoms with Crippen LogP contribution in [-0.4, -0.2) is 67.8 Å². The minimum absolute atomic E-state index is 0.0388. The number of likely N-dealkylation sites (N-methyl/N-ethyl adjacent to an activating group) is 1. The molecule has 1 saturated carbocycles. The molecule has 0 spiro atoms. The van der Waals surface area contributed by atoms with Crippen molar-refractivity contribution in [2.45, 2.75) is 55.3 Å². The molecule has 0 aliphatic heterocycles. The van der Waals surface area contributed by atoms with Crippen molar-refractivity contribution in [1.82, 2.24) is 19.9 Å². The fourth-order valence-electron chi connectivity index (χ4n) is 4.94. The second-order valence-corrected chi connectivity index (χ2v) is 12.2. The van der Waals surface area contributed by atoms with Crippen LogP contribution in [0.4, 0.5) is 27.8 Å². The SMILES string of the molecule is CCOCN(c1ccncn1)S(=O)(=O)c1cc(F)c(O[C@H]2CC[C@H](c3cc(C(F)(F)F)ccc3F)C[C@@H]2N(C)C)nc1Cl. The highest BCUT2D eigenvalue weighted by molar-refractivity contribution is 7.93. The second-order valence-electron chi connectivity index (χ2n) is 10.0. The number of rotatable bonds is 10. The van der Waals surface area contributed by atoms with Crippen LogP contribution in [0.3, 0.4) is 0 Å². The maximum Gasteiger partial charge on any atom is 0.416 e. The lowest BCUT2D eigenvalue weighted by Gasteiger charge is -2.39. The Kier molecular flexibility index (Phi) is 10.1. The van der Waals surface area contributed by atoms with Crippen molar-refractivity contribution in [2.24, 2.45) is 0 Å². The third-order valence-electron chi connectivity index (χ3n) is 7.11. The number of pyridine rings is 1. The van der Waals surface area contributed by atoms with E-state index in [-0.39, 0.29) is 37.3 Å². The van der Waals surface area contributed by atoms with Gasteiger partial charge in [0.2, 0.25) is 0 Å². The van der Waals surface area contributed by atoms with Gasteiger partial charge in [-0.2, -0.15) is 18.2 Å². The predicted molar refractivity (Wildman–Crippen MR) is 147 cm³/mol. The molecule has 1 fully saturated rings. The minimum Gasteiger partial charge on any atom is -0.471 e. The lowest BCUT2D eigenvalue weighted by atomic mass is 9.78. The highest BCUT2D eigenvalue weighted by Gasteiger charge is 2.38. The first kappa shape index (κ1) is 32.8. The van der Waals surface area contributed by atoms with Crippen LogP contribution in [0.2, 0.25) is 5.15 Å². The summed E-state index contributed by atoms with van der Waals surface area (Å²) in [5.74, 6) is -3.00. The fourth-order valence-corrected chi connectivity index (χ4v) is 6.68. The van der Waals surface area contributed by atoms with Gasteiger partial charge < -0.3 is 14.4 Å². The van der Waals surface area contributed by atoms with E-state index in [1.165, 1.54) is 12.3 Å². The lowest BCUT2D eigenvalue weighted by molar-refractivity contribution is -0.137. The summed E-state index contributed by atoms with van der Waals surface area (Å²) in [5.41, 5.74) is -0.999. The highest BCUT2D eigenvalue weighted by Crippen LogP contribution is 2.40. The highest BCUT2D eigenvalue weighted by atomic mass is 35.5. The summed E-state index contributed by atoms with van der Waals surface area (Å²) >= 11 is 6.26. The van der Waals surface area contributed by atoms with Gasteiger partial charge in [0.15, 0.2) is 11.0 Å². The van der Waals surface area contributed by atoms with Crippen LogP contribution >= 0.6 is 11.6 Å². The third kappa shape index (κ3) is 7.33. The number of alkyl halides is 3. The number of nitrogens with zero attached hydrogens (tertiary/aromatic N) is 5. The molecule has 2 heterocycles. The molecule has 0 radical (unpaired) electrons. The number of anilines is 1. The molecule has 2 aromatic heterocycles. The monoisotopic (exact) mass is 649 g/mol. The van der Waals surface area contributed by atoms with E-state index < -0.39 is 74.1 Å². The first-order valence-corrected chi connectivity index (χ1v) is 15.0.